The van der Waals surface area contributed by atoms with Gasteiger partial charge in [0.25, 0.3) is 0 Å². The number of amides is 1. The molecule has 0 saturated heterocycles. The van der Waals surface area contributed by atoms with Crippen molar-refractivity contribution in [3.05, 3.63) is 17.7 Å². The number of carbonyl (C=O) groups is 2. The Morgan fingerprint density at radius 3 is 2.67 bits per heavy atom. The van der Waals surface area contributed by atoms with Crippen LogP contribution in [0.4, 0.5) is 5.69 Å². The van der Waals surface area contributed by atoms with Gasteiger partial charge in [0, 0.05) is 31.0 Å². The summed E-state index contributed by atoms with van der Waals surface area (Å²) in [6, 6.07) is 3.81. The molecule has 0 N–H and O–H groups in total. The zero-order chi connectivity index (χ0) is 13.3. The lowest BCUT2D eigenvalue weighted by atomic mass is 10.2. The van der Waals surface area contributed by atoms with E-state index < -0.39 is 0 Å². The monoisotopic (exact) mass is 265 g/mol. The Hall–Kier alpha value is -1.49. The van der Waals surface area contributed by atoms with Crippen molar-refractivity contribution >= 4 is 29.3 Å². The number of fused-ring (bicyclic) bond motifs is 1. The highest BCUT2D eigenvalue weighted by Gasteiger charge is 2.25. The lowest BCUT2D eigenvalue weighted by molar-refractivity contribution is -0.132. The molecule has 2 rings (SSSR count). The van der Waals surface area contributed by atoms with Gasteiger partial charge < -0.3 is 9.64 Å². The Balaban J connectivity index is 2.55. The van der Waals surface area contributed by atoms with E-state index in [2.05, 4.69) is 0 Å². The molecule has 96 valence electrons. The van der Waals surface area contributed by atoms with Gasteiger partial charge in [-0.1, -0.05) is 0 Å². The molecule has 0 unspecified atom stereocenters. The third kappa shape index (κ3) is 2.51. The molecule has 0 saturated carbocycles. The molecule has 0 aliphatic carbocycles. The second-order valence-corrected chi connectivity index (χ2v) is 5.36. The van der Waals surface area contributed by atoms with Gasteiger partial charge in [-0.15, -0.1) is 11.8 Å². The summed E-state index contributed by atoms with van der Waals surface area (Å²) in [5.41, 5.74) is 1.74. The van der Waals surface area contributed by atoms with E-state index in [4.69, 9.17) is 4.74 Å². The fourth-order valence-corrected chi connectivity index (χ4v) is 3.11. The first-order valence-electron chi connectivity index (χ1n) is 5.73. The number of nitrogens with zero attached hydrogens (tertiary/aromatic N) is 1. The van der Waals surface area contributed by atoms with E-state index in [0.29, 0.717) is 12.3 Å². The minimum Gasteiger partial charge on any atom is -0.424 e. The summed E-state index contributed by atoms with van der Waals surface area (Å²) in [6.07, 6.45) is 0. The molecule has 0 spiro atoms. The predicted octanol–water partition coefficient (Wildman–Crippen LogP) is 2.38. The van der Waals surface area contributed by atoms with Crippen molar-refractivity contribution in [3.63, 3.8) is 0 Å². The smallest absolute Gasteiger partial charge is 0.308 e. The third-order valence-corrected chi connectivity index (χ3v) is 3.67. The largest absolute Gasteiger partial charge is 0.424 e. The molecule has 1 aromatic rings. The number of ether oxygens (including phenoxy) is 1. The van der Waals surface area contributed by atoms with E-state index >= 15 is 0 Å². The Bertz CT molecular complexity index is 513. The summed E-state index contributed by atoms with van der Waals surface area (Å²) in [6.45, 7) is 5.48. The molecule has 5 heteroatoms. The Kier molecular flexibility index (Phi) is 3.61. The number of anilines is 1. The normalized spacial score (nSPS) is 14.1. The molecule has 0 radical (unpaired) electrons. The summed E-state index contributed by atoms with van der Waals surface area (Å²) < 4.78 is 5.23. The van der Waals surface area contributed by atoms with Crippen molar-refractivity contribution in [2.75, 3.05) is 17.2 Å². The molecule has 1 amide bonds. The Labute approximate surface area is 110 Å². The Morgan fingerprint density at radius 1 is 1.33 bits per heavy atom. The van der Waals surface area contributed by atoms with E-state index in [1.54, 1.807) is 22.7 Å². The molecule has 18 heavy (non-hydrogen) atoms. The summed E-state index contributed by atoms with van der Waals surface area (Å²) in [5, 5.41) is 0. The number of thioether (sulfide) groups is 1. The molecule has 1 aliphatic heterocycles. The van der Waals surface area contributed by atoms with E-state index in [9.17, 15) is 9.59 Å². The molecule has 1 aromatic carbocycles. The summed E-state index contributed by atoms with van der Waals surface area (Å²) in [7, 11) is 0. The average Bonchev–Trinajstić information content (AvgIpc) is 2.26. The van der Waals surface area contributed by atoms with Crippen LogP contribution in [0, 0.1) is 6.92 Å². The fraction of sp³-hybridized carbons (Fsp3) is 0.385. The van der Waals surface area contributed by atoms with Gasteiger partial charge in [-0.2, -0.15) is 0 Å². The highest BCUT2D eigenvalue weighted by Crippen LogP contribution is 2.42. The third-order valence-electron chi connectivity index (χ3n) is 2.66. The number of carbonyl (C=O) groups excluding carboxylic acids is 2. The standard InChI is InChI=1S/C13H15NO3S/c1-8-6-11(17-10(3)16)13-12(7-8)18-5-4-14(13)9(2)15/h6-7H,4-5H2,1-3H3. The number of esters is 1. The van der Waals surface area contributed by atoms with Crippen LogP contribution in [-0.4, -0.2) is 24.2 Å². The van der Waals surface area contributed by atoms with Gasteiger partial charge in [0.05, 0.1) is 0 Å². The Morgan fingerprint density at radius 2 is 2.06 bits per heavy atom. The van der Waals surface area contributed by atoms with E-state index in [-0.39, 0.29) is 11.9 Å². The maximum atomic E-state index is 11.7. The summed E-state index contributed by atoms with van der Waals surface area (Å²) in [4.78, 5) is 25.5. The predicted molar refractivity (Wildman–Crippen MR) is 71.2 cm³/mol. The lowest BCUT2D eigenvalue weighted by Gasteiger charge is -2.29. The molecule has 0 atom stereocenters. The van der Waals surface area contributed by atoms with Crippen LogP contribution in [0.2, 0.25) is 0 Å². The van der Waals surface area contributed by atoms with Gasteiger partial charge in [-0.3, -0.25) is 9.59 Å². The second-order valence-electron chi connectivity index (χ2n) is 4.22. The van der Waals surface area contributed by atoms with Crippen molar-refractivity contribution in [1.29, 1.82) is 0 Å². The van der Waals surface area contributed by atoms with Gasteiger partial charge in [0.2, 0.25) is 5.91 Å². The van der Waals surface area contributed by atoms with Crippen molar-refractivity contribution in [1.82, 2.24) is 0 Å². The molecular formula is C13H15NO3S. The fourth-order valence-electron chi connectivity index (χ4n) is 2.00. The van der Waals surface area contributed by atoms with Crippen LogP contribution in [0.15, 0.2) is 17.0 Å². The first-order valence-corrected chi connectivity index (χ1v) is 6.71. The van der Waals surface area contributed by atoms with Gasteiger partial charge in [0.1, 0.15) is 5.69 Å². The van der Waals surface area contributed by atoms with Crippen molar-refractivity contribution in [2.45, 2.75) is 25.7 Å². The topological polar surface area (TPSA) is 46.6 Å². The highest BCUT2D eigenvalue weighted by molar-refractivity contribution is 7.99. The van der Waals surface area contributed by atoms with Crippen LogP contribution in [0.1, 0.15) is 19.4 Å². The van der Waals surface area contributed by atoms with E-state index in [0.717, 1.165) is 21.9 Å². The molecule has 0 fully saturated rings. The van der Waals surface area contributed by atoms with Crippen LogP contribution < -0.4 is 9.64 Å². The van der Waals surface area contributed by atoms with Crippen molar-refractivity contribution in [2.24, 2.45) is 0 Å². The highest BCUT2D eigenvalue weighted by atomic mass is 32.2. The zero-order valence-corrected chi connectivity index (χ0v) is 11.5. The van der Waals surface area contributed by atoms with Crippen LogP contribution in [0.25, 0.3) is 0 Å². The molecule has 1 heterocycles. The molecule has 4 nitrogen and oxygen atoms in total. The molecular weight excluding hydrogens is 250 g/mol. The van der Waals surface area contributed by atoms with E-state index in [1.807, 2.05) is 13.0 Å². The van der Waals surface area contributed by atoms with Crippen LogP contribution in [0.5, 0.6) is 5.75 Å². The number of rotatable bonds is 1. The first-order chi connectivity index (χ1) is 8.49. The van der Waals surface area contributed by atoms with Crippen molar-refractivity contribution < 1.29 is 14.3 Å². The van der Waals surface area contributed by atoms with Gasteiger partial charge in [0.15, 0.2) is 5.75 Å². The van der Waals surface area contributed by atoms with Gasteiger partial charge >= 0.3 is 5.97 Å². The average molecular weight is 265 g/mol. The lowest BCUT2D eigenvalue weighted by Crippen LogP contribution is -2.34. The maximum Gasteiger partial charge on any atom is 0.308 e. The number of hydrogen-bond donors (Lipinski definition) is 0. The minimum absolute atomic E-state index is 0.0335. The number of hydrogen-bond acceptors (Lipinski definition) is 4. The van der Waals surface area contributed by atoms with Crippen LogP contribution in [0.3, 0.4) is 0 Å². The quantitative estimate of drug-likeness (QED) is 0.578. The molecule has 1 aliphatic rings. The summed E-state index contributed by atoms with van der Waals surface area (Å²) >= 11 is 1.68. The zero-order valence-electron chi connectivity index (χ0n) is 10.6. The number of aryl methyl sites for hydroxylation is 1. The van der Waals surface area contributed by atoms with Crippen LogP contribution >= 0.6 is 11.8 Å². The van der Waals surface area contributed by atoms with Crippen molar-refractivity contribution in [3.8, 4) is 5.75 Å². The minimum atomic E-state index is -0.373. The van der Waals surface area contributed by atoms with Gasteiger partial charge in [-0.05, 0) is 24.6 Å². The summed E-state index contributed by atoms with van der Waals surface area (Å²) in [5.74, 6) is 0.922. The maximum absolute atomic E-state index is 11.7. The van der Waals surface area contributed by atoms with E-state index in [1.165, 1.54) is 13.8 Å². The molecule has 0 bridgehead atoms. The SMILES string of the molecule is CC(=O)Oc1cc(C)cc2c1N(C(C)=O)CCS2. The number of benzene rings is 1. The second kappa shape index (κ2) is 5.02. The van der Waals surface area contributed by atoms with Crippen LogP contribution in [-0.2, 0) is 9.59 Å². The first kappa shape index (κ1) is 13.0. The molecule has 0 aromatic heterocycles. The van der Waals surface area contributed by atoms with Gasteiger partial charge in [-0.25, -0.2) is 0 Å².